The summed E-state index contributed by atoms with van der Waals surface area (Å²) >= 11 is 0. The SMILES string of the molecule is Cc1cc(N2CCC(O)(C(F)(F)F)CC2)ccc1Nc1ccc2c(c1)OCCC(=O)N2. The van der Waals surface area contributed by atoms with Crippen LogP contribution in [0, 0.1) is 6.92 Å². The fraction of sp³-hybridized carbons (Fsp3) is 0.409. The van der Waals surface area contributed by atoms with Crippen molar-refractivity contribution >= 4 is 28.7 Å². The summed E-state index contributed by atoms with van der Waals surface area (Å²) in [6, 6.07) is 11.1. The molecular weight excluding hydrogens is 411 g/mol. The third-order valence-electron chi connectivity index (χ3n) is 5.81. The van der Waals surface area contributed by atoms with Gasteiger partial charge >= 0.3 is 6.18 Å². The van der Waals surface area contributed by atoms with E-state index in [1.165, 1.54) is 0 Å². The predicted molar refractivity (Wildman–Crippen MR) is 112 cm³/mol. The van der Waals surface area contributed by atoms with Crippen LogP contribution in [0.25, 0.3) is 0 Å². The topological polar surface area (TPSA) is 73.8 Å². The number of aliphatic hydroxyl groups is 1. The monoisotopic (exact) mass is 435 g/mol. The van der Waals surface area contributed by atoms with Crippen LogP contribution in [0.15, 0.2) is 36.4 Å². The number of rotatable bonds is 3. The number of carbonyl (C=O) groups is 1. The number of alkyl halides is 3. The van der Waals surface area contributed by atoms with Gasteiger partial charge < -0.3 is 25.4 Å². The molecule has 6 nitrogen and oxygen atoms in total. The first-order chi connectivity index (χ1) is 14.6. The lowest BCUT2D eigenvalue weighted by Crippen LogP contribution is -2.53. The van der Waals surface area contributed by atoms with E-state index in [0.29, 0.717) is 24.5 Å². The van der Waals surface area contributed by atoms with Crippen LogP contribution in [0.3, 0.4) is 0 Å². The molecule has 3 N–H and O–H groups in total. The molecule has 2 aliphatic rings. The number of hydrogen-bond donors (Lipinski definition) is 3. The molecule has 0 aliphatic carbocycles. The smallest absolute Gasteiger partial charge is 0.417 e. The number of nitrogens with one attached hydrogen (secondary N) is 2. The van der Waals surface area contributed by atoms with Crippen molar-refractivity contribution in [1.29, 1.82) is 0 Å². The zero-order valence-electron chi connectivity index (χ0n) is 17.1. The lowest BCUT2D eigenvalue weighted by molar-refractivity contribution is -0.266. The van der Waals surface area contributed by atoms with Crippen LogP contribution in [0.1, 0.15) is 24.8 Å². The number of benzene rings is 2. The Bertz CT molecular complexity index is 986. The van der Waals surface area contributed by atoms with E-state index in [2.05, 4.69) is 10.6 Å². The first-order valence-corrected chi connectivity index (χ1v) is 10.1. The molecule has 1 fully saturated rings. The van der Waals surface area contributed by atoms with Crippen LogP contribution in [-0.2, 0) is 4.79 Å². The molecule has 0 unspecified atom stereocenters. The van der Waals surface area contributed by atoms with Gasteiger partial charge in [-0.1, -0.05) is 0 Å². The van der Waals surface area contributed by atoms with Crippen LogP contribution in [0.2, 0.25) is 0 Å². The first kappa shape index (κ1) is 21.3. The molecule has 0 atom stereocenters. The minimum atomic E-state index is -4.61. The second-order valence-corrected chi connectivity index (χ2v) is 8.00. The van der Waals surface area contributed by atoms with Crippen LogP contribution >= 0.6 is 0 Å². The molecular formula is C22H24F3N3O3. The summed E-state index contributed by atoms with van der Waals surface area (Å²) < 4.78 is 44.7. The summed E-state index contributed by atoms with van der Waals surface area (Å²) in [5, 5.41) is 16.0. The molecule has 31 heavy (non-hydrogen) atoms. The van der Waals surface area contributed by atoms with Crippen molar-refractivity contribution in [2.75, 3.05) is 35.2 Å². The van der Waals surface area contributed by atoms with E-state index in [1.807, 2.05) is 42.2 Å². The number of carbonyl (C=O) groups excluding carboxylic acids is 1. The summed E-state index contributed by atoms with van der Waals surface area (Å²) in [5.41, 5.74) is 1.42. The Morgan fingerprint density at radius 3 is 2.58 bits per heavy atom. The Balaban J connectivity index is 1.45. The van der Waals surface area contributed by atoms with Gasteiger partial charge in [0, 0.05) is 49.1 Å². The standard InChI is InChI=1S/C22H24F3N3O3/c1-14-12-16(28-9-7-21(30,8-10-28)22(23,24)25)3-5-17(14)26-15-2-4-18-19(13-15)31-11-6-20(29)27-18/h2-5,12-13,26,30H,6-11H2,1H3,(H,27,29). The zero-order valence-corrected chi connectivity index (χ0v) is 17.1. The molecule has 2 aliphatic heterocycles. The van der Waals surface area contributed by atoms with Gasteiger partial charge in [-0.15, -0.1) is 0 Å². The molecule has 1 saturated heterocycles. The van der Waals surface area contributed by atoms with Crippen molar-refractivity contribution in [3.63, 3.8) is 0 Å². The summed E-state index contributed by atoms with van der Waals surface area (Å²) in [5.74, 6) is 0.507. The minimum absolute atomic E-state index is 0.0859. The van der Waals surface area contributed by atoms with Crippen LogP contribution in [0.5, 0.6) is 5.75 Å². The Morgan fingerprint density at radius 2 is 1.90 bits per heavy atom. The number of halogens is 3. The number of nitrogens with zero attached hydrogens (tertiary/aromatic N) is 1. The highest BCUT2D eigenvalue weighted by Crippen LogP contribution is 2.40. The fourth-order valence-electron chi connectivity index (χ4n) is 3.85. The Hall–Kier alpha value is -2.94. The molecule has 4 rings (SSSR count). The van der Waals surface area contributed by atoms with Crippen molar-refractivity contribution in [2.24, 2.45) is 0 Å². The number of ether oxygens (including phenoxy) is 1. The highest BCUT2D eigenvalue weighted by molar-refractivity contribution is 5.93. The lowest BCUT2D eigenvalue weighted by Gasteiger charge is -2.40. The van der Waals surface area contributed by atoms with Crippen molar-refractivity contribution in [1.82, 2.24) is 0 Å². The Morgan fingerprint density at radius 1 is 1.16 bits per heavy atom. The van der Waals surface area contributed by atoms with E-state index in [-0.39, 0.29) is 31.8 Å². The van der Waals surface area contributed by atoms with Gasteiger partial charge in [0.25, 0.3) is 0 Å². The Kier molecular flexibility index (Phi) is 5.47. The van der Waals surface area contributed by atoms with Crippen molar-refractivity contribution in [3.05, 3.63) is 42.0 Å². The molecule has 1 amide bonds. The average Bonchev–Trinajstić information content (AvgIpc) is 2.89. The van der Waals surface area contributed by atoms with E-state index in [9.17, 15) is 23.1 Å². The number of anilines is 4. The first-order valence-electron chi connectivity index (χ1n) is 10.1. The van der Waals surface area contributed by atoms with E-state index >= 15 is 0 Å². The van der Waals surface area contributed by atoms with Crippen molar-refractivity contribution < 1.29 is 27.8 Å². The Labute approximate surface area is 178 Å². The fourth-order valence-corrected chi connectivity index (χ4v) is 3.85. The van der Waals surface area contributed by atoms with Crippen molar-refractivity contribution in [2.45, 2.75) is 38.0 Å². The van der Waals surface area contributed by atoms with E-state index in [1.54, 1.807) is 6.07 Å². The van der Waals surface area contributed by atoms with E-state index < -0.39 is 11.8 Å². The maximum atomic E-state index is 13.0. The number of aryl methyl sites for hydroxylation is 1. The van der Waals surface area contributed by atoms with Crippen LogP contribution in [0.4, 0.5) is 35.9 Å². The van der Waals surface area contributed by atoms with Gasteiger partial charge in [-0.05, 0) is 42.8 Å². The number of piperidine rings is 1. The molecule has 9 heteroatoms. The molecule has 2 heterocycles. The van der Waals surface area contributed by atoms with Gasteiger partial charge in [0.1, 0.15) is 5.75 Å². The second kappa shape index (κ2) is 7.96. The summed E-state index contributed by atoms with van der Waals surface area (Å²) in [6.45, 7) is 2.50. The average molecular weight is 435 g/mol. The molecule has 0 radical (unpaired) electrons. The van der Waals surface area contributed by atoms with Crippen molar-refractivity contribution in [3.8, 4) is 5.75 Å². The third kappa shape index (κ3) is 4.41. The predicted octanol–water partition coefficient (Wildman–Crippen LogP) is 4.35. The highest BCUT2D eigenvalue weighted by Gasteiger charge is 2.54. The van der Waals surface area contributed by atoms with Gasteiger partial charge in [-0.3, -0.25) is 4.79 Å². The molecule has 2 aromatic carbocycles. The minimum Gasteiger partial charge on any atom is -0.491 e. The van der Waals surface area contributed by atoms with Gasteiger partial charge in [0.2, 0.25) is 5.91 Å². The lowest BCUT2D eigenvalue weighted by atomic mass is 9.90. The highest BCUT2D eigenvalue weighted by atomic mass is 19.4. The van der Waals surface area contributed by atoms with Gasteiger partial charge in [-0.2, -0.15) is 13.2 Å². The van der Waals surface area contributed by atoms with E-state index in [4.69, 9.17) is 4.74 Å². The normalized spacial score (nSPS) is 18.5. The summed E-state index contributed by atoms with van der Waals surface area (Å²) in [7, 11) is 0. The molecule has 0 saturated carbocycles. The zero-order chi connectivity index (χ0) is 22.2. The number of amides is 1. The second-order valence-electron chi connectivity index (χ2n) is 8.00. The number of fused-ring (bicyclic) bond motifs is 1. The largest absolute Gasteiger partial charge is 0.491 e. The summed E-state index contributed by atoms with van der Waals surface area (Å²) in [6.07, 6.45) is -5.00. The molecule has 2 aromatic rings. The van der Waals surface area contributed by atoms with Gasteiger partial charge in [-0.25, -0.2) is 0 Å². The molecule has 0 spiro atoms. The van der Waals surface area contributed by atoms with Crippen LogP contribution < -0.4 is 20.3 Å². The molecule has 0 bridgehead atoms. The van der Waals surface area contributed by atoms with E-state index in [0.717, 1.165) is 22.6 Å². The van der Waals surface area contributed by atoms with Gasteiger partial charge in [0.05, 0.1) is 18.7 Å². The summed E-state index contributed by atoms with van der Waals surface area (Å²) in [4.78, 5) is 13.5. The maximum Gasteiger partial charge on any atom is 0.417 e. The van der Waals surface area contributed by atoms with Crippen LogP contribution in [-0.4, -0.2) is 42.5 Å². The molecule has 0 aromatic heterocycles. The quantitative estimate of drug-likeness (QED) is 0.669. The third-order valence-corrected chi connectivity index (χ3v) is 5.81. The maximum absolute atomic E-state index is 13.0. The van der Waals surface area contributed by atoms with Gasteiger partial charge in [0.15, 0.2) is 5.60 Å². The number of hydrogen-bond acceptors (Lipinski definition) is 5. The molecule has 166 valence electrons.